The quantitative estimate of drug-likeness (QED) is 0.517. The second-order valence-corrected chi connectivity index (χ2v) is 6.49. The topological polar surface area (TPSA) is 54.4 Å². The minimum absolute atomic E-state index is 0.849. The van der Waals surface area contributed by atoms with Crippen LogP contribution < -0.4 is 29.8 Å². The van der Waals surface area contributed by atoms with Crippen LogP contribution in [0.4, 0.5) is 5.69 Å². The van der Waals surface area contributed by atoms with Crippen LogP contribution in [-0.4, -0.2) is 32.6 Å². The zero-order chi connectivity index (χ0) is 17.8. The van der Waals surface area contributed by atoms with E-state index in [1.807, 2.05) is 25.2 Å². The Hall–Kier alpha value is -3.02. The van der Waals surface area contributed by atoms with E-state index in [1.165, 1.54) is 0 Å². The number of rotatable bonds is 5. The fourth-order valence-electron chi connectivity index (χ4n) is 3.14. The summed E-state index contributed by atoms with van der Waals surface area (Å²) >= 11 is 0. The van der Waals surface area contributed by atoms with Gasteiger partial charge in [-0.15, -0.1) is 0 Å². The molecule has 2 aliphatic rings. The van der Waals surface area contributed by atoms with E-state index in [2.05, 4.69) is 61.8 Å². The first-order chi connectivity index (χ1) is 12.8. The summed E-state index contributed by atoms with van der Waals surface area (Å²) in [5, 5.41) is 6.65. The van der Waals surface area contributed by atoms with E-state index in [0.29, 0.717) is 0 Å². The molecule has 1 aromatic carbocycles. The monoisotopic (exact) mass is 351 g/mol. The van der Waals surface area contributed by atoms with Gasteiger partial charge in [0.1, 0.15) is 0 Å². The average Bonchev–Trinajstić information content (AvgIpc) is 3.29. The molecule has 6 heteroatoms. The molecule has 3 N–H and O–H groups in total. The number of hydrogen-bond donors (Lipinski definition) is 3. The molecule has 0 unspecified atom stereocenters. The van der Waals surface area contributed by atoms with Crippen molar-refractivity contribution in [2.24, 2.45) is 0 Å². The molecule has 2 aliphatic heterocycles. The second kappa shape index (κ2) is 7.47. The third-order valence-corrected chi connectivity index (χ3v) is 4.60. The van der Waals surface area contributed by atoms with Crippen LogP contribution in [-0.2, 0) is 6.54 Å². The van der Waals surface area contributed by atoms with Crippen LogP contribution in [0.15, 0.2) is 54.7 Å². The van der Waals surface area contributed by atoms with Crippen LogP contribution >= 0.6 is 0 Å². The van der Waals surface area contributed by atoms with Crippen molar-refractivity contribution in [1.82, 2.24) is 10.6 Å². The van der Waals surface area contributed by atoms with Crippen molar-refractivity contribution in [1.29, 1.82) is 0 Å². The van der Waals surface area contributed by atoms with Gasteiger partial charge in [0.05, 0.1) is 25.3 Å². The molecule has 0 amide bonds. The molecule has 0 fully saturated rings. The van der Waals surface area contributed by atoms with Crippen molar-refractivity contribution in [2.75, 3.05) is 31.6 Å². The molecule has 0 saturated heterocycles. The summed E-state index contributed by atoms with van der Waals surface area (Å²) in [6, 6.07) is 12.3. The Morgan fingerprint density at radius 1 is 1.27 bits per heavy atom. The number of guanidine groups is 1. The minimum atomic E-state index is 0.849. The van der Waals surface area contributed by atoms with E-state index >= 15 is 0 Å². The van der Waals surface area contributed by atoms with Gasteiger partial charge in [-0.3, -0.25) is 15.6 Å². The molecule has 2 aromatic rings. The first-order valence-electron chi connectivity index (χ1n) is 9.09. The van der Waals surface area contributed by atoms with E-state index in [1.54, 1.807) is 0 Å². The van der Waals surface area contributed by atoms with Gasteiger partial charge in [-0.2, -0.15) is 0 Å². The Morgan fingerprint density at radius 3 is 2.88 bits per heavy atom. The highest BCUT2D eigenvalue weighted by Crippen LogP contribution is 2.37. The van der Waals surface area contributed by atoms with Crippen molar-refractivity contribution in [3.05, 3.63) is 60.2 Å². The molecule has 26 heavy (non-hydrogen) atoms. The molecule has 0 spiro atoms. The van der Waals surface area contributed by atoms with Crippen LogP contribution in [0.3, 0.4) is 0 Å². The molecule has 0 atom stereocenters. The maximum atomic E-state index is 5.94. The fourth-order valence-corrected chi connectivity index (χ4v) is 3.14. The Morgan fingerprint density at radius 2 is 2.12 bits per heavy atom. The molecule has 3 heterocycles. The Kier molecular flexibility index (Phi) is 4.73. The predicted octanol–water partition coefficient (Wildman–Crippen LogP) is -0.179. The van der Waals surface area contributed by atoms with Gasteiger partial charge in [-0.05, 0) is 17.7 Å². The molecule has 0 saturated carbocycles. The lowest BCUT2D eigenvalue weighted by atomic mass is 10.2. The van der Waals surface area contributed by atoms with Gasteiger partial charge in [0, 0.05) is 31.7 Å². The zero-order valence-corrected chi connectivity index (χ0v) is 15.0. The van der Waals surface area contributed by atoms with E-state index in [0.717, 1.165) is 61.4 Å². The molecule has 134 valence electrons. The number of aromatic nitrogens is 1. The number of fused-ring (bicyclic) bond motifs is 1. The molecule has 6 nitrogen and oxygen atoms in total. The average molecular weight is 351 g/mol. The first kappa shape index (κ1) is 16.4. The number of ether oxygens (including phenoxy) is 1. The molecule has 1 aromatic heterocycles. The van der Waals surface area contributed by atoms with Crippen LogP contribution in [0, 0.1) is 0 Å². The van der Waals surface area contributed by atoms with Gasteiger partial charge in [-0.1, -0.05) is 12.1 Å². The number of benzene rings is 1. The van der Waals surface area contributed by atoms with Crippen molar-refractivity contribution in [3.8, 4) is 5.75 Å². The van der Waals surface area contributed by atoms with Crippen molar-refractivity contribution in [2.45, 2.75) is 13.0 Å². The summed E-state index contributed by atoms with van der Waals surface area (Å²) in [5.74, 6) is 2.81. The van der Waals surface area contributed by atoms with Crippen molar-refractivity contribution < 1.29 is 14.3 Å². The van der Waals surface area contributed by atoms with Crippen LogP contribution in [0.25, 0.3) is 6.08 Å². The third kappa shape index (κ3) is 3.64. The number of pyridine rings is 1. The maximum absolute atomic E-state index is 5.94. The normalized spacial score (nSPS) is 16.9. The first-order valence-corrected chi connectivity index (χ1v) is 9.09. The maximum Gasteiger partial charge on any atom is 0.343 e. The highest BCUT2D eigenvalue weighted by Gasteiger charge is 2.22. The summed E-state index contributed by atoms with van der Waals surface area (Å²) in [5.41, 5.74) is 2.23. The van der Waals surface area contributed by atoms with E-state index < -0.39 is 0 Å². The van der Waals surface area contributed by atoms with Gasteiger partial charge in [0.25, 0.3) is 0 Å². The molecular formula is C20H25N5O+2. The fraction of sp³-hybridized carbons (Fsp3) is 0.300. The summed E-state index contributed by atoms with van der Waals surface area (Å²) < 4.78 is 8.15. The van der Waals surface area contributed by atoms with Crippen LogP contribution in [0.1, 0.15) is 12.0 Å². The number of hydrogen-bond acceptors (Lipinski definition) is 4. The van der Waals surface area contributed by atoms with Crippen LogP contribution in [0.5, 0.6) is 5.75 Å². The Labute approximate surface area is 153 Å². The van der Waals surface area contributed by atoms with Crippen molar-refractivity contribution in [3.63, 3.8) is 0 Å². The van der Waals surface area contributed by atoms with E-state index in [4.69, 9.17) is 4.74 Å². The number of anilines is 1. The van der Waals surface area contributed by atoms with E-state index in [9.17, 15) is 0 Å². The number of nitrogens with one attached hydrogen (secondary N) is 3. The number of nitrogens with zero attached hydrogens (tertiary/aromatic N) is 2. The van der Waals surface area contributed by atoms with Gasteiger partial charge in [-0.25, -0.2) is 4.57 Å². The summed E-state index contributed by atoms with van der Waals surface area (Å²) in [6.07, 6.45) is 7.38. The Balaban J connectivity index is 1.32. The summed E-state index contributed by atoms with van der Waals surface area (Å²) in [6.45, 7) is 3.93. The summed E-state index contributed by atoms with van der Waals surface area (Å²) in [7, 11) is 2.03. The lowest BCUT2D eigenvalue weighted by Crippen LogP contribution is -2.73. The summed E-state index contributed by atoms with van der Waals surface area (Å²) in [4.78, 5) is 5.35. The standard InChI is InChI=1S/C20H24N5O/c1-24-17-5-2-3-6-18(17)26-19(24)15-16-7-13-25(14-8-16)12-4-9-21-20-22-10-11-23-20/h2-3,5-8,13-15H,4,9-12H2,1H3,(H2,21,22,23)/q+1/p+1. The highest BCUT2D eigenvalue weighted by atomic mass is 16.5. The molecule has 0 radical (unpaired) electrons. The SMILES string of the molecule is CN1C(=Cc2cc[n+](CCCNC3=[NH+]CCN3)cc2)Oc2ccccc21. The van der Waals surface area contributed by atoms with E-state index in [-0.39, 0.29) is 0 Å². The van der Waals surface area contributed by atoms with Gasteiger partial charge in [0.2, 0.25) is 5.88 Å². The van der Waals surface area contributed by atoms with Gasteiger partial charge >= 0.3 is 5.96 Å². The molecular weight excluding hydrogens is 326 g/mol. The van der Waals surface area contributed by atoms with Crippen LogP contribution in [0.2, 0.25) is 0 Å². The third-order valence-electron chi connectivity index (χ3n) is 4.60. The second-order valence-electron chi connectivity index (χ2n) is 6.49. The minimum Gasteiger partial charge on any atom is -0.439 e. The predicted molar refractivity (Wildman–Crippen MR) is 102 cm³/mol. The number of aryl methyl sites for hydroxylation is 1. The highest BCUT2D eigenvalue weighted by molar-refractivity contribution is 5.74. The van der Waals surface area contributed by atoms with Gasteiger partial charge in [0.15, 0.2) is 24.7 Å². The van der Waals surface area contributed by atoms with Gasteiger partial charge < -0.3 is 9.64 Å². The molecule has 0 bridgehead atoms. The Bertz CT molecular complexity index is 828. The molecule has 0 aliphatic carbocycles. The smallest absolute Gasteiger partial charge is 0.343 e. The largest absolute Gasteiger partial charge is 0.439 e. The molecule has 4 rings (SSSR count). The van der Waals surface area contributed by atoms with Crippen molar-refractivity contribution >= 4 is 17.7 Å². The number of para-hydroxylation sites is 2. The lowest BCUT2D eigenvalue weighted by Gasteiger charge is -2.10. The lowest BCUT2D eigenvalue weighted by molar-refractivity contribution is -0.697. The zero-order valence-electron chi connectivity index (χ0n) is 15.0.